The molecule has 4 heterocycles. The Labute approximate surface area is 267 Å². The van der Waals surface area contributed by atoms with Crippen molar-refractivity contribution < 1.29 is 9.18 Å². The lowest BCUT2D eigenvalue weighted by Gasteiger charge is -2.12. The van der Waals surface area contributed by atoms with E-state index in [4.69, 9.17) is 4.98 Å². The van der Waals surface area contributed by atoms with Crippen molar-refractivity contribution in [2.75, 3.05) is 37.8 Å². The molecule has 1 amide bonds. The van der Waals surface area contributed by atoms with Crippen molar-refractivity contribution in [1.82, 2.24) is 35.0 Å². The van der Waals surface area contributed by atoms with Crippen molar-refractivity contribution in [2.45, 2.75) is 34.1 Å². The lowest BCUT2D eigenvalue weighted by Crippen LogP contribution is -2.20. The van der Waals surface area contributed by atoms with Crippen LogP contribution in [0, 0.1) is 11.7 Å². The Balaban J connectivity index is 0.00000204. The second kappa shape index (κ2) is 14.3. The van der Waals surface area contributed by atoms with Gasteiger partial charge in [-0.15, -0.1) is 0 Å². The monoisotopic (exact) mass is 621 g/mol. The molecular weight excluding hydrogens is 581 g/mol. The summed E-state index contributed by atoms with van der Waals surface area (Å²) in [6.07, 6.45) is 7.25. The number of pyridine rings is 2. The maximum absolute atomic E-state index is 14.7. The number of nitrogens with zero attached hydrogens (tertiary/aromatic N) is 5. The minimum atomic E-state index is -0.341. The van der Waals surface area contributed by atoms with E-state index in [0.29, 0.717) is 58.0 Å². The van der Waals surface area contributed by atoms with E-state index in [1.807, 2.05) is 72.1 Å². The lowest BCUT2D eigenvalue weighted by atomic mass is 10.0. The highest BCUT2D eigenvalue weighted by atomic mass is 19.1. The molecule has 238 valence electrons. The zero-order chi connectivity index (χ0) is 32.8. The van der Waals surface area contributed by atoms with Crippen LogP contribution in [0.3, 0.4) is 0 Å². The summed E-state index contributed by atoms with van der Waals surface area (Å²) in [6.45, 7) is 9.53. The van der Waals surface area contributed by atoms with Gasteiger partial charge in [0.1, 0.15) is 11.5 Å². The molecule has 4 N–H and O–H groups in total. The Kier molecular flexibility index (Phi) is 10.0. The quantitative estimate of drug-likeness (QED) is 0.126. The molecule has 4 aromatic heterocycles. The van der Waals surface area contributed by atoms with Crippen LogP contribution in [0.4, 0.5) is 15.8 Å². The van der Waals surface area contributed by atoms with Crippen LogP contribution in [0.15, 0.2) is 67.3 Å². The van der Waals surface area contributed by atoms with Crippen LogP contribution in [0.5, 0.6) is 0 Å². The SMILES string of the molecule is CC.CC(C)CC(=O)Nc1cncc(-c2ccc3[nH]nc(-c4nc5c(-c6cc(F)cc(NCCN(C)C)c6)cncc5[nH]4)c3c2)c1. The Morgan fingerprint density at radius 1 is 0.913 bits per heavy atom. The van der Waals surface area contributed by atoms with E-state index in [0.717, 1.165) is 28.6 Å². The van der Waals surface area contributed by atoms with E-state index in [-0.39, 0.29) is 17.6 Å². The molecule has 0 saturated heterocycles. The summed E-state index contributed by atoms with van der Waals surface area (Å²) in [5.41, 5.74) is 7.37. The fourth-order valence-electron chi connectivity index (χ4n) is 5.15. The number of anilines is 2. The third-order valence-electron chi connectivity index (χ3n) is 7.23. The Hall–Kier alpha value is -5.16. The van der Waals surface area contributed by atoms with Gasteiger partial charge in [0.05, 0.1) is 34.6 Å². The van der Waals surface area contributed by atoms with Crippen LogP contribution in [0.2, 0.25) is 0 Å². The highest BCUT2D eigenvalue weighted by Gasteiger charge is 2.17. The van der Waals surface area contributed by atoms with Gasteiger partial charge >= 0.3 is 0 Å². The van der Waals surface area contributed by atoms with Gasteiger partial charge < -0.3 is 20.5 Å². The number of fused-ring (bicyclic) bond motifs is 2. The molecule has 0 bridgehead atoms. The molecule has 0 aliphatic heterocycles. The first-order chi connectivity index (χ1) is 22.2. The number of amides is 1. The predicted octanol–water partition coefficient (Wildman–Crippen LogP) is 7.35. The minimum Gasteiger partial charge on any atom is -0.384 e. The maximum Gasteiger partial charge on any atom is 0.224 e. The van der Waals surface area contributed by atoms with Gasteiger partial charge in [-0.25, -0.2) is 9.37 Å². The molecule has 0 aliphatic carbocycles. The number of aromatic nitrogens is 6. The van der Waals surface area contributed by atoms with E-state index in [2.05, 4.69) is 40.7 Å². The van der Waals surface area contributed by atoms with E-state index in [1.54, 1.807) is 24.8 Å². The number of likely N-dealkylation sites (N-methyl/N-ethyl adjacent to an activating group) is 1. The summed E-state index contributed by atoms with van der Waals surface area (Å²) in [6, 6.07) is 12.8. The summed E-state index contributed by atoms with van der Waals surface area (Å²) < 4.78 is 14.7. The van der Waals surface area contributed by atoms with Gasteiger partial charge in [-0.1, -0.05) is 33.8 Å². The van der Waals surface area contributed by atoms with Crippen LogP contribution >= 0.6 is 0 Å². The van der Waals surface area contributed by atoms with E-state index in [1.165, 1.54) is 12.1 Å². The summed E-state index contributed by atoms with van der Waals surface area (Å²) in [5, 5.41) is 14.8. The number of aromatic amines is 2. The molecule has 0 saturated carbocycles. The van der Waals surface area contributed by atoms with Gasteiger partial charge in [0.15, 0.2) is 5.82 Å². The lowest BCUT2D eigenvalue weighted by molar-refractivity contribution is -0.116. The molecule has 0 unspecified atom stereocenters. The first-order valence-electron chi connectivity index (χ1n) is 15.5. The highest BCUT2D eigenvalue weighted by molar-refractivity contribution is 5.98. The number of benzene rings is 2. The third kappa shape index (κ3) is 7.37. The number of rotatable bonds is 10. The standard InChI is InChI=1S/C33H34FN9O.C2H6/c1-19(2)9-30(44)38-25-12-22(15-35-16-25)20-5-6-28-26(13-20)32(42-41-28)33-39-29-18-36-17-27(31(29)40-33)21-10-23(34)14-24(11-21)37-7-8-43(3)4;1-2/h5-6,10-19,37H,7-9H2,1-4H3,(H,38,44)(H,39,40)(H,41,42);1-2H3. The Morgan fingerprint density at radius 2 is 1.70 bits per heavy atom. The second-order valence-electron chi connectivity index (χ2n) is 11.6. The maximum atomic E-state index is 14.7. The van der Waals surface area contributed by atoms with Gasteiger partial charge in [-0.2, -0.15) is 5.10 Å². The molecule has 0 aliphatic rings. The molecule has 46 heavy (non-hydrogen) atoms. The number of H-pyrrole nitrogens is 2. The van der Waals surface area contributed by atoms with Crippen molar-refractivity contribution in [3.8, 4) is 33.8 Å². The van der Waals surface area contributed by atoms with Gasteiger partial charge in [0, 0.05) is 54.1 Å². The number of carbonyl (C=O) groups excluding carboxylic acids is 1. The molecular formula is C35H40FN9O. The predicted molar refractivity (Wildman–Crippen MR) is 184 cm³/mol. The molecule has 0 spiro atoms. The van der Waals surface area contributed by atoms with Crippen molar-refractivity contribution >= 4 is 39.2 Å². The van der Waals surface area contributed by atoms with Crippen LogP contribution < -0.4 is 10.6 Å². The van der Waals surface area contributed by atoms with Gasteiger partial charge in [0.25, 0.3) is 0 Å². The molecule has 10 nitrogen and oxygen atoms in total. The van der Waals surface area contributed by atoms with Gasteiger partial charge in [0.2, 0.25) is 5.91 Å². The average Bonchev–Trinajstić information content (AvgIpc) is 3.65. The fourth-order valence-corrected chi connectivity index (χ4v) is 5.15. The number of nitrogens with one attached hydrogen (secondary N) is 4. The number of carbonyl (C=O) groups is 1. The van der Waals surface area contributed by atoms with E-state index < -0.39 is 0 Å². The zero-order valence-corrected chi connectivity index (χ0v) is 27.1. The van der Waals surface area contributed by atoms with Crippen LogP contribution in [-0.4, -0.2) is 68.1 Å². The number of halogens is 1. The van der Waals surface area contributed by atoms with Crippen LogP contribution in [0.1, 0.15) is 34.1 Å². The molecule has 6 rings (SSSR count). The van der Waals surface area contributed by atoms with Crippen molar-refractivity contribution in [1.29, 1.82) is 0 Å². The number of hydrogen-bond donors (Lipinski definition) is 4. The molecule has 11 heteroatoms. The summed E-state index contributed by atoms with van der Waals surface area (Å²) in [7, 11) is 3.99. The normalized spacial score (nSPS) is 11.2. The summed E-state index contributed by atoms with van der Waals surface area (Å²) in [5.74, 6) is 0.442. The summed E-state index contributed by atoms with van der Waals surface area (Å²) in [4.78, 5) is 31.4. The van der Waals surface area contributed by atoms with Gasteiger partial charge in [-0.3, -0.25) is 19.9 Å². The molecule has 0 fully saturated rings. The van der Waals surface area contributed by atoms with Gasteiger partial charge in [-0.05, 0) is 67.5 Å². The largest absolute Gasteiger partial charge is 0.384 e. The van der Waals surface area contributed by atoms with E-state index in [9.17, 15) is 9.18 Å². The van der Waals surface area contributed by atoms with Crippen molar-refractivity contribution in [2.24, 2.45) is 5.92 Å². The van der Waals surface area contributed by atoms with Crippen LogP contribution in [-0.2, 0) is 4.79 Å². The highest BCUT2D eigenvalue weighted by Crippen LogP contribution is 2.34. The van der Waals surface area contributed by atoms with Crippen LogP contribution in [0.25, 0.3) is 55.7 Å². The fraction of sp³-hybridized carbons (Fsp3) is 0.286. The molecule has 6 aromatic rings. The van der Waals surface area contributed by atoms with Crippen molar-refractivity contribution in [3.63, 3.8) is 0 Å². The van der Waals surface area contributed by atoms with Crippen molar-refractivity contribution in [3.05, 3.63) is 73.1 Å². The zero-order valence-electron chi connectivity index (χ0n) is 27.1. The number of hydrogen-bond acceptors (Lipinski definition) is 7. The first kappa shape index (κ1) is 32.2. The molecule has 0 radical (unpaired) electrons. The number of imidazole rings is 1. The molecule has 0 atom stereocenters. The average molecular weight is 622 g/mol. The topological polar surface area (TPSA) is 128 Å². The molecule has 2 aromatic carbocycles. The van der Waals surface area contributed by atoms with E-state index >= 15 is 0 Å². The Bertz CT molecular complexity index is 1960. The smallest absolute Gasteiger partial charge is 0.224 e. The third-order valence-corrected chi connectivity index (χ3v) is 7.23. The minimum absolute atomic E-state index is 0.0414. The second-order valence-corrected chi connectivity index (χ2v) is 11.6. The summed E-state index contributed by atoms with van der Waals surface area (Å²) >= 11 is 0. The first-order valence-corrected chi connectivity index (χ1v) is 15.5. The Morgan fingerprint density at radius 3 is 2.48 bits per heavy atom.